The molecule has 0 spiro atoms. The number of halogens is 3. The summed E-state index contributed by atoms with van der Waals surface area (Å²) in [4.78, 5) is 36.9. The van der Waals surface area contributed by atoms with Crippen LogP contribution in [0.5, 0.6) is 0 Å². The summed E-state index contributed by atoms with van der Waals surface area (Å²) in [5.41, 5.74) is 5.50. The fraction of sp³-hybridized carbons (Fsp3) is 0.545. The highest BCUT2D eigenvalue weighted by Crippen LogP contribution is 2.36. The molecule has 0 aromatic carbocycles. The summed E-state index contributed by atoms with van der Waals surface area (Å²) in [6.45, 7) is 3.11. The lowest BCUT2D eigenvalue weighted by Gasteiger charge is -2.34. The number of fused-ring (bicyclic) bond motifs is 1. The van der Waals surface area contributed by atoms with Gasteiger partial charge in [-0.1, -0.05) is 13.0 Å². The van der Waals surface area contributed by atoms with Crippen molar-refractivity contribution >= 4 is 23.2 Å². The number of carbonyl (C=O) groups excluding carboxylic acids is 2. The molecule has 2 atom stereocenters. The van der Waals surface area contributed by atoms with E-state index >= 15 is 0 Å². The van der Waals surface area contributed by atoms with Crippen LogP contribution in [0.1, 0.15) is 43.1 Å². The topological polar surface area (TPSA) is 92.4 Å². The van der Waals surface area contributed by atoms with E-state index in [2.05, 4.69) is 16.9 Å². The van der Waals surface area contributed by atoms with E-state index in [1.54, 1.807) is 22.4 Å². The van der Waals surface area contributed by atoms with Gasteiger partial charge in [-0.25, -0.2) is 9.97 Å². The maximum atomic E-state index is 13.7. The Labute approximate surface area is 193 Å². The first kappa shape index (κ1) is 23.6. The molecule has 11 heteroatoms. The van der Waals surface area contributed by atoms with Crippen LogP contribution in [0.15, 0.2) is 17.5 Å². The summed E-state index contributed by atoms with van der Waals surface area (Å²) in [6.07, 6.45) is -3.23. The number of piperidine rings is 1. The third kappa shape index (κ3) is 5.35. The van der Waals surface area contributed by atoms with Crippen molar-refractivity contribution in [1.82, 2.24) is 19.8 Å². The van der Waals surface area contributed by atoms with Gasteiger partial charge in [0.2, 0.25) is 11.8 Å². The fourth-order valence-electron chi connectivity index (χ4n) is 4.37. The second-order valence-electron chi connectivity index (χ2n) is 8.77. The Kier molecular flexibility index (Phi) is 6.71. The zero-order valence-electron chi connectivity index (χ0n) is 18.3. The van der Waals surface area contributed by atoms with Gasteiger partial charge in [-0.2, -0.15) is 13.2 Å². The molecule has 0 bridgehead atoms. The average Bonchev–Trinajstić information content (AvgIpc) is 3.29. The van der Waals surface area contributed by atoms with Gasteiger partial charge in [-0.15, -0.1) is 11.3 Å². The van der Waals surface area contributed by atoms with Crippen molar-refractivity contribution in [1.29, 1.82) is 0 Å². The maximum absolute atomic E-state index is 13.7. The van der Waals surface area contributed by atoms with Crippen LogP contribution >= 0.6 is 11.3 Å². The van der Waals surface area contributed by atoms with E-state index in [1.807, 2.05) is 0 Å². The van der Waals surface area contributed by atoms with Gasteiger partial charge in [0.15, 0.2) is 11.5 Å². The van der Waals surface area contributed by atoms with Crippen LogP contribution in [0.25, 0.3) is 10.7 Å². The number of hydrogen-bond acceptors (Lipinski definition) is 6. The van der Waals surface area contributed by atoms with Crippen LogP contribution in [-0.4, -0.2) is 57.3 Å². The lowest BCUT2D eigenvalue weighted by molar-refractivity contribution is -0.142. The molecule has 0 radical (unpaired) electrons. The third-order valence-electron chi connectivity index (χ3n) is 6.06. The highest BCUT2D eigenvalue weighted by molar-refractivity contribution is 7.13. The first-order valence-electron chi connectivity index (χ1n) is 10.9. The van der Waals surface area contributed by atoms with Gasteiger partial charge in [-0.05, 0) is 30.2 Å². The number of aromatic nitrogens is 2. The van der Waals surface area contributed by atoms with Gasteiger partial charge < -0.3 is 15.5 Å². The Bertz CT molecular complexity index is 1030. The van der Waals surface area contributed by atoms with Crippen molar-refractivity contribution in [3.63, 3.8) is 0 Å². The number of nitrogens with two attached hydrogens (primary N) is 1. The molecule has 1 fully saturated rings. The molecule has 2 aromatic rings. The third-order valence-corrected chi connectivity index (χ3v) is 6.92. The first-order valence-corrected chi connectivity index (χ1v) is 11.8. The molecule has 2 amide bonds. The second kappa shape index (κ2) is 9.38. The smallest absolute Gasteiger partial charge is 0.341 e. The quantitative estimate of drug-likeness (QED) is 0.709. The molecule has 4 rings (SSSR count). The minimum atomic E-state index is -4.61. The predicted molar refractivity (Wildman–Crippen MR) is 117 cm³/mol. The van der Waals surface area contributed by atoms with Gasteiger partial charge in [0.05, 0.1) is 17.1 Å². The number of nitrogens with zero attached hydrogens (tertiary/aromatic N) is 4. The lowest BCUT2D eigenvalue weighted by Crippen LogP contribution is -2.48. The van der Waals surface area contributed by atoms with E-state index < -0.39 is 17.9 Å². The molecule has 1 saturated heterocycles. The predicted octanol–water partition coefficient (Wildman–Crippen LogP) is 3.08. The number of hydrogen-bond donors (Lipinski definition) is 1. The van der Waals surface area contributed by atoms with Crippen molar-refractivity contribution in [3.05, 3.63) is 34.5 Å². The Morgan fingerprint density at radius 3 is 2.82 bits per heavy atom. The van der Waals surface area contributed by atoms with E-state index in [4.69, 9.17) is 5.73 Å². The largest absolute Gasteiger partial charge is 0.433 e. The number of likely N-dealkylation sites (tertiary alicyclic amines) is 1. The Morgan fingerprint density at radius 2 is 2.12 bits per heavy atom. The minimum Gasteiger partial charge on any atom is -0.341 e. The number of carbonyl (C=O) groups is 2. The zero-order chi connectivity index (χ0) is 23.8. The molecule has 178 valence electrons. The van der Waals surface area contributed by atoms with Crippen LogP contribution in [0, 0.1) is 5.92 Å². The van der Waals surface area contributed by atoms with E-state index in [-0.39, 0.29) is 54.8 Å². The molecular weight excluding hydrogens is 455 g/mol. The summed E-state index contributed by atoms with van der Waals surface area (Å²) < 4.78 is 41.1. The molecular formula is C22H26F3N5O2S. The van der Waals surface area contributed by atoms with E-state index in [9.17, 15) is 22.8 Å². The van der Waals surface area contributed by atoms with Crippen molar-refractivity contribution in [2.75, 3.05) is 19.6 Å². The second-order valence-corrected chi connectivity index (χ2v) is 9.72. The number of thiophene rings is 1. The highest BCUT2D eigenvalue weighted by atomic mass is 32.1. The van der Waals surface area contributed by atoms with E-state index in [1.165, 1.54) is 16.2 Å². The fourth-order valence-corrected chi connectivity index (χ4v) is 5.03. The summed E-state index contributed by atoms with van der Waals surface area (Å²) in [7, 11) is 0. The van der Waals surface area contributed by atoms with Gasteiger partial charge in [0, 0.05) is 44.1 Å². The SMILES string of the molecule is CC1CCC(=O)N(C[C@H](N)CC(=O)N2CCc3c(nc(-c4cccs4)nc3C(F)(F)F)C2)C1. The Balaban J connectivity index is 1.48. The number of amides is 2. The molecule has 4 heterocycles. The monoisotopic (exact) mass is 481 g/mol. The van der Waals surface area contributed by atoms with Crippen LogP contribution in [-0.2, 0) is 28.7 Å². The maximum Gasteiger partial charge on any atom is 0.433 e. The van der Waals surface area contributed by atoms with Gasteiger partial charge in [-0.3, -0.25) is 9.59 Å². The molecule has 33 heavy (non-hydrogen) atoms. The normalized spacial score (nSPS) is 20.0. The van der Waals surface area contributed by atoms with E-state index in [0.717, 1.165) is 6.42 Å². The summed E-state index contributed by atoms with van der Waals surface area (Å²) in [5, 5.41) is 1.75. The van der Waals surface area contributed by atoms with Crippen LogP contribution in [0.4, 0.5) is 13.2 Å². The van der Waals surface area contributed by atoms with Crippen LogP contribution in [0.3, 0.4) is 0 Å². The molecule has 2 aliphatic rings. The van der Waals surface area contributed by atoms with Crippen molar-refractivity contribution in [2.24, 2.45) is 11.7 Å². The van der Waals surface area contributed by atoms with Gasteiger partial charge in [0.25, 0.3) is 0 Å². The Hall–Kier alpha value is -2.53. The van der Waals surface area contributed by atoms with Crippen molar-refractivity contribution in [2.45, 2.75) is 51.4 Å². The first-order chi connectivity index (χ1) is 15.6. The number of rotatable bonds is 5. The molecule has 2 aromatic heterocycles. The van der Waals surface area contributed by atoms with Gasteiger partial charge >= 0.3 is 6.18 Å². The minimum absolute atomic E-state index is 0.0137. The molecule has 2 N–H and O–H groups in total. The molecule has 7 nitrogen and oxygen atoms in total. The highest BCUT2D eigenvalue weighted by Gasteiger charge is 2.39. The van der Waals surface area contributed by atoms with Crippen molar-refractivity contribution in [3.8, 4) is 10.7 Å². The molecule has 1 unspecified atom stereocenters. The number of alkyl halides is 3. The molecule has 2 aliphatic heterocycles. The van der Waals surface area contributed by atoms with E-state index in [0.29, 0.717) is 30.3 Å². The summed E-state index contributed by atoms with van der Waals surface area (Å²) >= 11 is 1.26. The van der Waals surface area contributed by atoms with Crippen LogP contribution < -0.4 is 5.73 Å². The van der Waals surface area contributed by atoms with Crippen molar-refractivity contribution < 1.29 is 22.8 Å². The molecule has 0 aliphatic carbocycles. The van der Waals surface area contributed by atoms with Crippen LogP contribution in [0.2, 0.25) is 0 Å². The average molecular weight is 482 g/mol. The standard InChI is InChI=1S/C22H26F3N5O2S/c1-13-4-5-18(31)30(10-13)11-14(26)9-19(32)29-7-6-15-16(12-29)27-21(17-3-2-8-33-17)28-20(15)22(23,24)25/h2-3,8,13-14H,4-7,9-12,26H2,1H3/t13?,14-/m1/s1. The zero-order valence-corrected chi connectivity index (χ0v) is 19.1. The summed E-state index contributed by atoms with van der Waals surface area (Å²) in [5.74, 6) is 0.194. The summed E-state index contributed by atoms with van der Waals surface area (Å²) in [6, 6.07) is 2.85. The lowest BCUT2D eigenvalue weighted by atomic mass is 9.98. The van der Waals surface area contributed by atoms with Gasteiger partial charge in [0.1, 0.15) is 0 Å². The molecule has 0 saturated carbocycles. The Morgan fingerprint density at radius 1 is 1.33 bits per heavy atom.